The van der Waals surface area contributed by atoms with E-state index in [4.69, 9.17) is 14.2 Å². The molecule has 2 N–H and O–H groups in total. The number of likely N-dealkylation sites (tertiary alicyclic amines) is 1. The lowest BCUT2D eigenvalue weighted by Crippen LogP contribution is -2.58. The van der Waals surface area contributed by atoms with Gasteiger partial charge in [0.2, 0.25) is 0 Å². The minimum Gasteiger partial charge on any atom is -0.491 e. The summed E-state index contributed by atoms with van der Waals surface area (Å²) < 4.78 is 41.5. The van der Waals surface area contributed by atoms with E-state index in [0.29, 0.717) is 46.1 Å². The molecule has 9 nitrogen and oxygen atoms in total. The summed E-state index contributed by atoms with van der Waals surface area (Å²) in [5.41, 5.74) is 3.33. The highest BCUT2D eigenvalue weighted by atomic mass is 35.5. The van der Waals surface area contributed by atoms with E-state index in [2.05, 4.69) is 4.90 Å². The summed E-state index contributed by atoms with van der Waals surface area (Å²) in [4.78, 5) is 14.8. The van der Waals surface area contributed by atoms with Crippen LogP contribution in [-0.2, 0) is 24.1 Å². The zero-order valence-electron chi connectivity index (χ0n) is 20.6. The standard InChI is InChI=1S/C25H34N2O7S.ClH/c1-3-33-18-19-34-22-8-4-20(5-9-22)21-6-10-23(11-7-21)35(30,31)25(24(28)26-29)12-14-27(15-13-25)16-17-32-2;/h4-11,29H,3,12-19H2,1-2H3,(H,26,28);1H. The van der Waals surface area contributed by atoms with Crippen molar-refractivity contribution in [3.05, 3.63) is 48.5 Å². The smallest absolute Gasteiger partial charge is 0.265 e. The highest BCUT2D eigenvalue weighted by Gasteiger charge is 2.52. The Balaban J connectivity index is 0.00000456. The summed E-state index contributed by atoms with van der Waals surface area (Å²) in [6, 6.07) is 14.0. The number of sulfone groups is 1. The first-order valence-corrected chi connectivity index (χ1v) is 13.2. The molecule has 3 rings (SSSR count). The third-order valence-electron chi connectivity index (χ3n) is 6.36. The highest BCUT2D eigenvalue weighted by molar-refractivity contribution is 7.93. The van der Waals surface area contributed by atoms with Gasteiger partial charge in [0.05, 0.1) is 18.1 Å². The van der Waals surface area contributed by atoms with E-state index >= 15 is 0 Å². The van der Waals surface area contributed by atoms with Gasteiger partial charge in [0.25, 0.3) is 5.91 Å². The van der Waals surface area contributed by atoms with Crippen LogP contribution in [-0.4, -0.2) is 82.4 Å². The Kier molecular flexibility index (Phi) is 11.6. The molecule has 0 unspecified atom stereocenters. The zero-order valence-corrected chi connectivity index (χ0v) is 22.3. The van der Waals surface area contributed by atoms with Crippen LogP contribution in [0.3, 0.4) is 0 Å². The second-order valence-corrected chi connectivity index (χ2v) is 10.6. The number of carbonyl (C=O) groups excluding carboxylic acids is 1. The lowest BCUT2D eigenvalue weighted by molar-refractivity contribution is -0.133. The molecule has 0 bridgehead atoms. The first-order chi connectivity index (χ1) is 16.9. The van der Waals surface area contributed by atoms with Crippen LogP contribution >= 0.6 is 12.4 Å². The predicted octanol–water partition coefficient (Wildman–Crippen LogP) is 2.95. The summed E-state index contributed by atoms with van der Waals surface area (Å²) in [5.74, 6) is -0.172. The van der Waals surface area contributed by atoms with Crippen LogP contribution in [0.2, 0.25) is 0 Å². The number of halogens is 1. The maximum absolute atomic E-state index is 13.6. The quantitative estimate of drug-likeness (QED) is 0.239. The van der Waals surface area contributed by atoms with Crippen molar-refractivity contribution in [1.82, 2.24) is 10.4 Å². The molecule has 36 heavy (non-hydrogen) atoms. The number of hydrogen-bond acceptors (Lipinski definition) is 8. The number of hydrogen-bond donors (Lipinski definition) is 2. The van der Waals surface area contributed by atoms with Gasteiger partial charge in [-0.15, -0.1) is 12.4 Å². The Morgan fingerprint density at radius 3 is 2.11 bits per heavy atom. The lowest BCUT2D eigenvalue weighted by Gasteiger charge is -2.39. The van der Waals surface area contributed by atoms with Crippen LogP contribution in [0.15, 0.2) is 53.4 Å². The molecule has 2 aromatic rings. The van der Waals surface area contributed by atoms with Crippen molar-refractivity contribution in [2.24, 2.45) is 0 Å². The molecule has 1 amide bonds. The maximum atomic E-state index is 13.6. The number of nitrogens with one attached hydrogen (secondary N) is 1. The number of methoxy groups -OCH3 is 1. The van der Waals surface area contributed by atoms with Gasteiger partial charge in [-0.25, -0.2) is 13.9 Å². The minimum absolute atomic E-state index is 0. The van der Waals surface area contributed by atoms with Crippen LogP contribution in [0.1, 0.15) is 19.8 Å². The molecular weight excluding hydrogens is 508 g/mol. The Labute approximate surface area is 219 Å². The van der Waals surface area contributed by atoms with E-state index in [1.807, 2.05) is 31.2 Å². The van der Waals surface area contributed by atoms with Gasteiger partial charge >= 0.3 is 0 Å². The van der Waals surface area contributed by atoms with Crippen molar-refractivity contribution >= 4 is 28.2 Å². The van der Waals surface area contributed by atoms with E-state index < -0.39 is 20.5 Å². The number of amides is 1. The molecule has 11 heteroatoms. The minimum atomic E-state index is -4.06. The molecule has 1 aliphatic rings. The molecule has 0 aliphatic carbocycles. The molecule has 0 spiro atoms. The largest absolute Gasteiger partial charge is 0.491 e. The summed E-state index contributed by atoms with van der Waals surface area (Å²) in [7, 11) is -2.46. The first kappa shape index (κ1) is 30.0. The molecule has 2 aromatic carbocycles. The van der Waals surface area contributed by atoms with E-state index in [1.165, 1.54) is 12.1 Å². The van der Waals surface area contributed by atoms with Gasteiger partial charge in [0.15, 0.2) is 14.6 Å². The fourth-order valence-corrected chi connectivity index (χ4v) is 6.19. The number of piperidine rings is 1. The average molecular weight is 543 g/mol. The molecule has 1 fully saturated rings. The van der Waals surface area contributed by atoms with E-state index in [-0.39, 0.29) is 30.1 Å². The molecular formula is C25H35ClN2O7S. The van der Waals surface area contributed by atoms with Gasteiger partial charge in [-0.05, 0) is 55.2 Å². The number of hydroxylamine groups is 1. The van der Waals surface area contributed by atoms with Crippen molar-refractivity contribution in [3.8, 4) is 16.9 Å². The SMILES string of the molecule is CCOCCOc1ccc(-c2ccc(S(=O)(=O)C3(C(=O)NO)CCN(CCOC)CC3)cc2)cc1.Cl. The summed E-state index contributed by atoms with van der Waals surface area (Å²) in [5, 5.41) is 9.35. The first-order valence-electron chi connectivity index (χ1n) is 11.7. The summed E-state index contributed by atoms with van der Waals surface area (Å²) in [6.07, 6.45) is 0.163. The Hall–Kier alpha value is -2.21. The van der Waals surface area contributed by atoms with Crippen molar-refractivity contribution in [3.63, 3.8) is 0 Å². The molecule has 0 saturated carbocycles. The molecule has 0 atom stereocenters. The predicted molar refractivity (Wildman–Crippen MR) is 139 cm³/mol. The van der Waals surface area contributed by atoms with Gasteiger partial charge in [0.1, 0.15) is 12.4 Å². The van der Waals surface area contributed by atoms with Crippen molar-refractivity contribution < 1.29 is 32.6 Å². The van der Waals surface area contributed by atoms with Crippen molar-refractivity contribution in [1.29, 1.82) is 0 Å². The Morgan fingerprint density at radius 1 is 1.00 bits per heavy atom. The molecule has 200 valence electrons. The lowest BCUT2D eigenvalue weighted by atomic mass is 9.95. The Bertz CT molecular complexity index is 1050. The number of ether oxygens (including phenoxy) is 3. The summed E-state index contributed by atoms with van der Waals surface area (Å²) >= 11 is 0. The van der Waals surface area contributed by atoms with Crippen molar-refractivity contribution in [2.75, 3.05) is 53.2 Å². The van der Waals surface area contributed by atoms with E-state index in [1.54, 1.807) is 24.7 Å². The van der Waals surface area contributed by atoms with Crippen LogP contribution in [0.25, 0.3) is 11.1 Å². The molecule has 1 aliphatic heterocycles. The third kappa shape index (κ3) is 6.76. The fourth-order valence-electron chi connectivity index (χ4n) is 4.24. The zero-order chi connectivity index (χ0) is 25.3. The normalized spacial score (nSPS) is 15.6. The molecule has 1 saturated heterocycles. The second-order valence-electron chi connectivity index (χ2n) is 8.37. The van der Waals surface area contributed by atoms with Gasteiger partial charge in [-0.1, -0.05) is 24.3 Å². The van der Waals surface area contributed by atoms with Crippen LogP contribution in [0.5, 0.6) is 5.75 Å². The number of rotatable bonds is 12. The maximum Gasteiger partial charge on any atom is 0.265 e. The number of benzene rings is 2. The summed E-state index contributed by atoms with van der Waals surface area (Å²) in [6.45, 7) is 5.56. The third-order valence-corrected chi connectivity index (χ3v) is 8.87. The van der Waals surface area contributed by atoms with Crippen LogP contribution in [0, 0.1) is 0 Å². The van der Waals surface area contributed by atoms with Gasteiger partial charge < -0.3 is 19.1 Å². The topological polar surface area (TPSA) is 114 Å². The number of nitrogens with zero attached hydrogens (tertiary/aromatic N) is 1. The molecule has 0 radical (unpaired) electrons. The molecule has 1 heterocycles. The van der Waals surface area contributed by atoms with E-state index in [9.17, 15) is 18.4 Å². The highest BCUT2D eigenvalue weighted by Crippen LogP contribution is 2.36. The van der Waals surface area contributed by atoms with Crippen LogP contribution in [0.4, 0.5) is 0 Å². The van der Waals surface area contributed by atoms with Crippen molar-refractivity contribution in [2.45, 2.75) is 29.4 Å². The Morgan fingerprint density at radius 2 is 1.58 bits per heavy atom. The van der Waals surface area contributed by atoms with Gasteiger partial charge in [-0.2, -0.15) is 0 Å². The number of carbonyl (C=O) groups is 1. The van der Waals surface area contributed by atoms with E-state index in [0.717, 1.165) is 16.9 Å². The monoisotopic (exact) mass is 542 g/mol. The van der Waals surface area contributed by atoms with Crippen LogP contribution < -0.4 is 10.2 Å². The fraction of sp³-hybridized carbons (Fsp3) is 0.480. The molecule has 0 aromatic heterocycles. The second kappa shape index (κ2) is 13.9. The average Bonchev–Trinajstić information content (AvgIpc) is 2.90. The van der Waals surface area contributed by atoms with Gasteiger partial charge in [-0.3, -0.25) is 10.0 Å². The van der Waals surface area contributed by atoms with Gasteiger partial charge in [0, 0.05) is 33.4 Å².